The van der Waals surface area contributed by atoms with Gasteiger partial charge in [-0.15, -0.1) is 0 Å². The number of rotatable bonds is 6. The van der Waals surface area contributed by atoms with Crippen molar-refractivity contribution in [2.45, 2.75) is 20.8 Å². The maximum absolute atomic E-state index is 12.4. The lowest BCUT2D eigenvalue weighted by Crippen LogP contribution is -2.43. The number of aromatic nitrogens is 1. The lowest BCUT2D eigenvalue weighted by atomic mass is 10.2. The average molecular weight is 403 g/mol. The molecule has 1 aliphatic heterocycles. The Morgan fingerprint density at radius 1 is 1.36 bits per heavy atom. The van der Waals surface area contributed by atoms with Gasteiger partial charge in [0.15, 0.2) is 11.7 Å². The number of hydrogen-bond acceptors (Lipinski definition) is 7. The third-order valence-corrected chi connectivity index (χ3v) is 4.94. The molecular weight excluding hydrogens is 382 g/mol. The molecule has 1 N–H and O–H groups in total. The summed E-state index contributed by atoms with van der Waals surface area (Å²) in [7, 11) is 0. The fourth-order valence-electron chi connectivity index (χ4n) is 2.58. The van der Waals surface area contributed by atoms with Crippen LogP contribution >= 0.6 is 11.3 Å². The van der Waals surface area contributed by atoms with E-state index in [1.54, 1.807) is 31.2 Å². The van der Waals surface area contributed by atoms with Gasteiger partial charge in [-0.1, -0.05) is 37.3 Å². The Hall–Kier alpha value is -2.94. The number of carbonyl (C=O) groups is 3. The average Bonchev–Trinajstić information content (AvgIpc) is 3.02. The second-order valence-electron chi connectivity index (χ2n) is 6.71. The fraction of sp³-hybridized carbons (Fsp3) is 0.368. The number of anilines is 2. The Kier molecular flexibility index (Phi) is 5.93. The van der Waals surface area contributed by atoms with Gasteiger partial charge in [-0.2, -0.15) is 0 Å². The first kappa shape index (κ1) is 19.8. The van der Waals surface area contributed by atoms with Crippen LogP contribution in [0.2, 0.25) is 0 Å². The second kappa shape index (κ2) is 8.39. The first-order valence-corrected chi connectivity index (χ1v) is 9.63. The van der Waals surface area contributed by atoms with E-state index in [4.69, 9.17) is 9.47 Å². The highest BCUT2D eigenvalue weighted by Crippen LogP contribution is 2.31. The molecule has 1 aromatic heterocycles. The monoisotopic (exact) mass is 403 g/mol. The highest BCUT2D eigenvalue weighted by molar-refractivity contribution is 7.17. The van der Waals surface area contributed by atoms with Crippen LogP contribution < -0.4 is 15.0 Å². The van der Waals surface area contributed by atoms with E-state index in [2.05, 4.69) is 10.3 Å². The van der Waals surface area contributed by atoms with E-state index in [1.165, 1.54) is 4.90 Å². The quantitative estimate of drug-likeness (QED) is 0.745. The van der Waals surface area contributed by atoms with Gasteiger partial charge < -0.3 is 14.8 Å². The summed E-state index contributed by atoms with van der Waals surface area (Å²) in [5.41, 5.74) is 1.03. The molecule has 9 heteroatoms. The number of benzene rings is 1. The van der Waals surface area contributed by atoms with Crippen molar-refractivity contribution in [2.75, 3.05) is 30.0 Å². The minimum absolute atomic E-state index is 0.119. The van der Waals surface area contributed by atoms with Gasteiger partial charge in [0.2, 0.25) is 5.91 Å². The molecule has 0 aliphatic carbocycles. The Labute approximate surface area is 166 Å². The summed E-state index contributed by atoms with van der Waals surface area (Å²) < 4.78 is 10.6. The van der Waals surface area contributed by atoms with Crippen molar-refractivity contribution in [3.05, 3.63) is 34.8 Å². The van der Waals surface area contributed by atoms with Crippen LogP contribution in [0.3, 0.4) is 0 Å². The molecular formula is C19H21N3O5S. The molecule has 8 nitrogen and oxygen atoms in total. The molecule has 0 spiro atoms. The highest BCUT2D eigenvalue weighted by atomic mass is 32.1. The second-order valence-corrected chi connectivity index (χ2v) is 7.71. The first-order chi connectivity index (χ1) is 13.3. The Morgan fingerprint density at radius 2 is 2.11 bits per heavy atom. The maximum atomic E-state index is 12.4. The molecule has 0 saturated heterocycles. The van der Waals surface area contributed by atoms with Crippen LogP contribution in [-0.4, -0.2) is 42.5 Å². The summed E-state index contributed by atoms with van der Waals surface area (Å²) in [6, 6.07) is 7.03. The number of amides is 2. The summed E-state index contributed by atoms with van der Waals surface area (Å²) in [6.07, 6.45) is 0. The Morgan fingerprint density at radius 3 is 2.86 bits per heavy atom. The minimum Gasteiger partial charge on any atom is -0.482 e. The number of ether oxygens (including phenoxy) is 2. The number of carbonyl (C=O) groups excluding carboxylic acids is 3. The van der Waals surface area contributed by atoms with Crippen molar-refractivity contribution in [1.29, 1.82) is 0 Å². The van der Waals surface area contributed by atoms with E-state index in [0.717, 1.165) is 11.3 Å². The smallest absolute Gasteiger partial charge is 0.350 e. The van der Waals surface area contributed by atoms with Crippen LogP contribution in [0, 0.1) is 12.8 Å². The van der Waals surface area contributed by atoms with Crippen molar-refractivity contribution in [2.24, 2.45) is 5.92 Å². The Balaban J connectivity index is 1.67. The third kappa shape index (κ3) is 4.48. The van der Waals surface area contributed by atoms with Gasteiger partial charge in [0.1, 0.15) is 17.2 Å². The molecule has 28 heavy (non-hydrogen) atoms. The summed E-state index contributed by atoms with van der Waals surface area (Å²) in [6.45, 7) is 5.60. The molecule has 0 radical (unpaired) electrons. The molecule has 0 unspecified atom stereocenters. The number of nitrogens with one attached hydrogen (secondary N) is 1. The van der Waals surface area contributed by atoms with Gasteiger partial charge in [0, 0.05) is 0 Å². The number of aryl methyl sites for hydroxylation is 1. The highest BCUT2D eigenvalue weighted by Gasteiger charge is 2.27. The van der Waals surface area contributed by atoms with E-state index in [0.29, 0.717) is 28.6 Å². The number of thiazole rings is 1. The number of fused-ring (bicyclic) bond motifs is 1. The van der Waals surface area contributed by atoms with Crippen LogP contribution in [0.4, 0.5) is 10.8 Å². The summed E-state index contributed by atoms with van der Waals surface area (Å²) in [5, 5.41) is 2.93. The van der Waals surface area contributed by atoms with Crippen LogP contribution in [0.5, 0.6) is 5.75 Å². The van der Waals surface area contributed by atoms with Crippen molar-refractivity contribution in [3.8, 4) is 5.75 Å². The molecule has 0 fully saturated rings. The van der Waals surface area contributed by atoms with Gasteiger partial charge in [-0.05, 0) is 25.0 Å². The number of esters is 1. The predicted molar refractivity (Wildman–Crippen MR) is 105 cm³/mol. The zero-order valence-corrected chi connectivity index (χ0v) is 16.7. The van der Waals surface area contributed by atoms with Crippen molar-refractivity contribution >= 4 is 39.9 Å². The maximum Gasteiger partial charge on any atom is 0.350 e. The minimum atomic E-state index is -0.457. The van der Waals surface area contributed by atoms with Crippen LogP contribution in [0.15, 0.2) is 24.3 Å². The van der Waals surface area contributed by atoms with E-state index >= 15 is 0 Å². The molecule has 2 aromatic rings. The van der Waals surface area contributed by atoms with Gasteiger partial charge in [-0.25, -0.2) is 9.78 Å². The third-order valence-electron chi connectivity index (χ3n) is 3.89. The van der Waals surface area contributed by atoms with Gasteiger partial charge >= 0.3 is 5.97 Å². The summed E-state index contributed by atoms with van der Waals surface area (Å²) >= 11 is 1.05. The number of hydrogen-bond donors (Lipinski definition) is 1. The lowest BCUT2D eigenvalue weighted by molar-refractivity contribution is -0.123. The van der Waals surface area contributed by atoms with Gasteiger partial charge in [-0.3, -0.25) is 14.5 Å². The standard InChI is InChI=1S/C19H21N3O5S/c1-11(2)9-27-18(25)17-12(3)20-19(28-17)21-15(23)8-22-13-6-4-5-7-14(13)26-10-16(22)24/h4-7,11H,8-10H2,1-3H3,(H,20,21,23). The van der Waals surface area contributed by atoms with Crippen LogP contribution in [-0.2, 0) is 14.3 Å². The van der Waals surface area contributed by atoms with Crippen molar-refractivity contribution < 1.29 is 23.9 Å². The van der Waals surface area contributed by atoms with Gasteiger partial charge in [0.25, 0.3) is 5.91 Å². The lowest BCUT2D eigenvalue weighted by Gasteiger charge is -2.28. The van der Waals surface area contributed by atoms with E-state index in [-0.39, 0.29) is 30.1 Å². The normalized spacial score (nSPS) is 13.1. The van der Waals surface area contributed by atoms with Crippen molar-refractivity contribution in [1.82, 2.24) is 4.98 Å². The van der Waals surface area contributed by atoms with Crippen LogP contribution in [0.1, 0.15) is 29.2 Å². The molecule has 2 amide bonds. The van der Waals surface area contributed by atoms with Gasteiger partial charge in [0.05, 0.1) is 18.0 Å². The first-order valence-electron chi connectivity index (χ1n) is 8.81. The molecule has 0 saturated carbocycles. The number of nitrogens with zero attached hydrogens (tertiary/aromatic N) is 2. The molecule has 2 heterocycles. The van der Waals surface area contributed by atoms with E-state index in [1.807, 2.05) is 13.8 Å². The van der Waals surface area contributed by atoms with E-state index in [9.17, 15) is 14.4 Å². The SMILES string of the molecule is Cc1nc(NC(=O)CN2C(=O)COc3ccccc32)sc1C(=O)OCC(C)C. The molecule has 3 rings (SSSR count). The molecule has 1 aromatic carbocycles. The summed E-state index contributed by atoms with van der Waals surface area (Å²) in [4.78, 5) is 42.7. The van der Waals surface area contributed by atoms with Crippen molar-refractivity contribution in [3.63, 3.8) is 0 Å². The zero-order chi connectivity index (χ0) is 20.3. The zero-order valence-electron chi connectivity index (χ0n) is 15.9. The molecule has 0 atom stereocenters. The number of para-hydroxylation sites is 2. The Bertz CT molecular complexity index is 909. The predicted octanol–water partition coefficient (Wildman–Crippen LogP) is 2.63. The van der Waals surface area contributed by atoms with Crippen LogP contribution in [0.25, 0.3) is 0 Å². The largest absolute Gasteiger partial charge is 0.482 e. The van der Waals surface area contributed by atoms with E-state index < -0.39 is 11.9 Å². The molecule has 0 bridgehead atoms. The fourth-order valence-corrected chi connectivity index (χ4v) is 3.45. The molecule has 148 valence electrons. The topological polar surface area (TPSA) is 97.8 Å². The summed E-state index contributed by atoms with van der Waals surface area (Å²) in [5.74, 6) is -0.398. The molecule has 1 aliphatic rings.